The molecule has 5 heteroatoms. The number of benzene rings is 2. The number of para-hydroxylation sites is 1. The Morgan fingerprint density at radius 2 is 1.74 bits per heavy atom. The number of nitrogens with zero attached hydrogens (tertiary/aromatic N) is 2. The van der Waals surface area contributed by atoms with Gasteiger partial charge in [0.2, 0.25) is 0 Å². The second-order valence-corrected chi connectivity index (χ2v) is 7.20. The van der Waals surface area contributed by atoms with Crippen molar-refractivity contribution in [1.82, 2.24) is 0 Å². The summed E-state index contributed by atoms with van der Waals surface area (Å²) in [6.45, 7) is 1.51. The largest absolute Gasteiger partial charge is 0.497 e. The van der Waals surface area contributed by atoms with Gasteiger partial charge in [0, 0.05) is 6.42 Å². The van der Waals surface area contributed by atoms with E-state index in [1.54, 1.807) is 14.2 Å². The van der Waals surface area contributed by atoms with Crippen molar-refractivity contribution >= 4 is 11.5 Å². The van der Waals surface area contributed by atoms with Crippen LogP contribution in [0.2, 0.25) is 0 Å². The lowest BCUT2D eigenvalue weighted by atomic mass is 9.98. The van der Waals surface area contributed by atoms with E-state index in [9.17, 15) is 5.11 Å². The van der Waals surface area contributed by atoms with Crippen molar-refractivity contribution in [3.8, 4) is 11.5 Å². The molecule has 0 saturated carbocycles. The highest BCUT2D eigenvalue weighted by Crippen LogP contribution is 2.41. The molecule has 0 saturated heterocycles. The first-order chi connectivity index (χ1) is 13.2. The Labute approximate surface area is 160 Å². The van der Waals surface area contributed by atoms with E-state index in [2.05, 4.69) is 9.48 Å². The van der Waals surface area contributed by atoms with E-state index in [4.69, 9.17) is 9.47 Å². The summed E-state index contributed by atoms with van der Waals surface area (Å²) >= 11 is 0. The lowest BCUT2D eigenvalue weighted by Crippen LogP contribution is -2.47. The van der Waals surface area contributed by atoms with Gasteiger partial charge in [0.05, 0.1) is 26.3 Å². The molecular weight excluding hydrogens is 340 g/mol. The van der Waals surface area contributed by atoms with E-state index in [1.165, 1.54) is 12.3 Å². The number of rotatable bonds is 4. The Hall–Kier alpha value is -2.53. The fraction of sp³-hybridized carbons (Fsp3) is 0.409. The number of methoxy groups -OCH3 is 2. The normalized spacial score (nSPS) is 22.4. The topological polar surface area (TPSA) is 44.9 Å². The molecule has 1 N–H and O–H groups in total. The summed E-state index contributed by atoms with van der Waals surface area (Å²) in [7, 11) is 3.32. The Bertz CT molecular complexity index is 847. The quantitative estimate of drug-likeness (QED) is 0.842. The van der Waals surface area contributed by atoms with Crippen LogP contribution in [0, 0.1) is 0 Å². The number of hydrogen-bond acceptors (Lipinski definition) is 4. The molecular formula is C22H27N2O3+. The standard InChI is InChI=1S/C22H27N2O3/c1-26-18-13-11-17(12-14-18)24-21-10-4-3-7-15-23(21)16-22(24,25)19-8-5-6-9-20(19)27-2/h5-6,8-9,11-14,25H,3-4,7,10,15-16H2,1-2H3/q+1. The van der Waals surface area contributed by atoms with Crippen molar-refractivity contribution in [2.75, 3.05) is 32.2 Å². The molecule has 2 heterocycles. The maximum Gasteiger partial charge on any atom is 0.279 e. The lowest BCUT2D eigenvalue weighted by molar-refractivity contribution is -0.534. The van der Waals surface area contributed by atoms with E-state index >= 15 is 0 Å². The molecule has 0 aliphatic carbocycles. The van der Waals surface area contributed by atoms with E-state index in [-0.39, 0.29) is 0 Å². The monoisotopic (exact) mass is 367 g/mol. The molecule has 27 heavy (non-hydrogen) atoms. The average Bonchev–Trinajstić information content (AvgIpc) is 2.84. The first-order valence-electron chi connectivity index (χ1n) is 9.58. The summed E-state index contributed by atoms with van der Waals surface area (Å²) in [5.74, 6) is 2.70. The number of ether oxygens (including phenoxy) is 2. The Kier molecular flexibility index (Phi) is 4.79. The van der Waals surface area contributed by atoms with Gasteiger partial charge < -0.3 is 14.6 Å². The van der Waals surface area contributed by atoms with Gasteiger partial charge in [0.25, 0.3) is 11.6 Å². The molecule has 5 nitrogen and oxygen atoms in total. The van der Waals surface area contributed by atoms with Gasteiger partial charge in [0.1, 0.15) is 17.2 Å². The second kappa shape index (κ2) is 7.24. The molecule has 0 amide bonds. The van der Waals surface area contributed by atoms with Crippen molar-refractivity contribution in [2.45, 2.75) is 31.4 Å². The molecule has 1 unspecified atom stereocenters. The lowest BCUT2D eigenvalue weighted by Gasteiger charge is -2.30. The van der Waals surface area contributed by atoms with Crippen LogP contribution in [0.4, 0.5) is 5.69 Å². The van der Waals surface area contributed by atoms with Crippen molar-refractivity contribution in [2.24, 2.45) is 0 Å². The van der Waals surface area contributed by atoms with Crippen LogP contribution in [-0.2, 0) is 5.72 Å². The van der Waals surface area contributed by atoms with Gasteiger partial charge in [-0.05, 0) is 55.7 Å². The predicted octanol–water partition coefficient (Wildman–Crippen LogP) is 3.35. The highest BCUT2D eigenvalue weighted by atomic mass is 16.5. The summed E-state index contributed by atoms with van der Waals surface area (Å²) in [5.41, 5.74) is 0.584. The van der Waals surface area contributed by atoms with E-state index < -0.39 is 5.72 Å². The van der Waals surface area contributed by atoms with Gasteiger partial charge in [-0.25, -0.2) is 0 Å². The van der Waals surface area contributed by atoms with Crippen LogP contribution in [0.3, 0.4) is 0 Å². The highest BCUT2D eigenvalue weighted by molar-refractivity contribution is 5.97. The minimum Gasteiger partial charge on any atom is -0.497 e. The second-order valence-electron chi connectivity index (χ2n) is 7.20. The SMILES string of the molecule is COc1ccc(N2C3=[N+](CCCCC3)CC2(O)c2ccccc2OC)cc1. The van der Waals surface area contributed by atoms with Crippen LogP contribution in [0.5, 0.6) is 11.5 Å². The number of anilines is 1. The van der Waals surface area contributed by atoms with Crippen LogP contribution in [0.1, 0.15) is 31.2 Å². The average molecular weight is 367 g/mol. The molecule has 0 fully saturated rings. The molecule has 0 spiro atoms. The minimum atomic E-state index is -1.17. The zero-order valence-electron chi connectivity index (χ0n) is 16.0. The van der Waals surface area contributed by atoms with Crippen LogP contribution in [0.25, 0.3) is 0 Å². The molecule has 142 valence electrons. The predicted molar refractivity (Wildman–Crippen MR) is 106 cm³/mol. The maximum atomic E-state index is 12.0. The molecule has 2 aliphatic rings. The van der Waals surface area contributed by atoms with Gasteiger partial charge in [-0.15, -0.1) is 0 Å². The Balaban J connectivity index is 1.85. The third-order valence-electron chi connectivity index (χ3n) is 5.60. The van der Waals surface area contributed by atoms with Crippen LogP contribution < -0.4 is 14.4 Å². The maximum absolute atomic E-state index is 12.0. The molecule has 2 aromatic rings. The Morgan fingerprint density at radius 1 is 0.963 bits per heavy atom. The molecule has 0 radical (unpaired) electrons. The summed E-state index contributed by atoms with van der Waals surface area (Å²) < 4.78 is 13.2. The fourth-order valence-corrected chi connectivity index (χ4v) is 4.30. The van der Waals surface area contributed by atoms with Crippen molar-refractivity contribution in [1.29, 1.82) is 0 Å². The number of amidine groups is 1. The molecule has 0 bridgehead atoms. The molecule has 2 aromatic carbocycles. The summed E-state index contributed by atoms with van der Waals surface area (Å²) in [6.07, 6.45) is 4.48. The highest BCUT2D eigenvalue weighted by Gasteiger charge is 2.55. The van der Waals surface area contributed by atoms with Crippen LogP contribution in [0.15, 0.2) is 48.5 Å². The number of hydrogen-bond donors (Lipinski definition) is 1. The van der Waals surface area contributed by atoms with Crippen molar-refractivity contribution in [3.05, 3.63) is 54.1 Å². The molecule has 0 aromatic heterocycles. The van der Waals surface area contributed by atoms with Gasteiger partial charge in [-0.3, -0.25) is 4.58 Å². The Morgan fingerprint density at radius 3 is 2.48 bits per heavy atom. The fourth-order valence-electron chi connectivity index (χ4n) is 4.30. The number of aliphatic hydroxyl groups is 1. The minimum absolute atomic E-state index is 0.536. The zero-order valence-corrected chi connectivity index (χ0v) is 16.0. The molecule has 1 atom stereocenters. The molecule has 2 aliphatic heterocycles. The first-order valence-corrected chi connectivity index (χ1v) is 9.58. The summed E-state index contributed by atoms with van der Waals surface area (Å²) in [5, 5.41) is 12.0. The van der Waals surface area contributed by atoms with Crippen LogP contribution >= 0.6 is 0 Å². The van der Waals surface area contributed by atoms with E-state index in [0.29, 0.717) is 12.3 Å². The van der Waals surface area contributed by atoms with Crippen molar-refractivity contribution in [3.63, 3.8) is 0 Å². The summed E-state index contributed by atoms with van der Waals surface area (Å²) in [6, 6.07) is 15.7. The van der Waals surface area contributed by atoms with Gasteiger partial charge in [0.15, 0.2) is 6.54 Å². The summed E-state index contributed by atoms with van der Waals surface area (Å²) in [4.78, 5) is 2.09. The zero-order chi connectivity index (χ0) is 18.9. The third-order valence-corrected chi connectivity index (χ3v) is 5.60. The third kappa shape index (κ3) is 3.06. The smallest absolute Gasteiger partial charge is 0.279 e. The van der Waals surface area contributed by atoms with Crippen molar-refractivity contribution < 1.29 is 19.2 Å². The molecule has 4 rings (SSSR count). The van der Waals surface area contributed by atoms with Gasteiger partial charge in [-0.1, -0.05) is 12.1 Å². The van der Waals surface area contributed by atoms with Crippen LogP contribution in [-0.4, -0.2) is 42.8 Å². The van der Waals surface area contributed by atoms with E-state index in [0.717, 1.165) is 42.8 Å². The van der Waals surface area contributed by atoms with Gasteiger partial charge >= 0.3 is 0 Å². The van der Waals surface area contributed by atoms with Gasteiger partial charge in [-0.2, -0.15) is 4.90 Å². The van der Waals surface area contributed by atoms with E-state index in [1.807, 2.05) is 48.5 Å². The first kappa shape index (κ1) is 17.9.